The zero-order valence-corrected chi connectivity index (χ0v) is 7.14. The van der Waals surface area contributed by atoms with Gasteiger partial charge in [0, 0.05) is 25.7 Å². The lowest BCUT2D eigenvalue weighted by Crippen LogP contribution is -2.32. The third-order valence-electron chi connectivity index (χ3n) is 1.75. The summed E-state index contributed by atoms with van der Waals surface area (Å²) < 4.78 is 0. The van der Waals surface area contributed by atoms with Crippen LogP contribution < -0.4 is 10.6 Å². The molecule has 1 unspecified atom stereocenters. The van der Waals surface area contributed by atoms with E-state index in [2.05, 4.69) is 10.6 Å². The summed E-state index contributed by atoms with van der Waals surface area (Å²) in [6.07, 6.45) is 2.46. The monoisotopic (exact) mass is 158 g/mol. The van der Waals surface area contributed by atoms with Gasteiger partial charge < -0.3 is 15.7 Å². The zero-order valence-electron chi connectivity index (χ0n) is 7.14. The Morgan fingerprint density at radius 3 is 2.73 bits per heavy atom. The smallest absolute Gasteiger partial charge is 0.0636 e. The van der Waals surface area contributed by atoms with Crippen LogP contribution in [-0.4, -0.2) is 36.9 Å². The van der Waals surface area contributed by atoms with Crippen molar-refractivity contribution in [2.75, 3.05) is 19.6 Å². The molecule has 1 saturated carbocycles. The van der Waals surface area contributed by atoms with Gasteiger partial charge in [0.2, 0.25) is 0 Å². The Morgan fingerprint density at radius 1 is 1.45 bits per heavy atom. The molecule has 0 amide bonds. The topological polar surface area (TPSA) is 44.3 Å². The van der Waals surface area contributed by atoms with Crippen molar-refractivity contribution in [3.05, 3.63) is 0 Å². The van der Waals surface area contributed by atoms with Crippen molar-refractivity contribution in [1.29, 1.82) is 0 Å². The number of nitrogens with one attached hydrogen (secondary N) is 2. The fourth-order valence-corrected chi connectivity index (χ4v) is 0.963. The van der Waals surface area contributed by atoms with Gasteiger partial charge in [0.05, 0.1) is 6.10 Å². The molecule has 0 aliphatic heterocycles. The van der Waals surface area contributed by atoms with Crippen molar-refractivity contribution in [2.45, 2.75) is 31.9 Å². The molecule has 3 N–H and O–H groups in total. The largest absolute Gasteiger partial charge is 0.392 e. The van der Waals surface area contributed by atoms with Crippen LogP contribution in [0.15, 0.2) is 0 Å². The first kappa shape index (κ1) is 8.97. The lowest BCUT2D eigenvalue weighted by atomic mass is 10.4. The first-order valence-electron chi connectivity index (χ1n) is 4.41. The summed E-state index contributed by atoms with van der Waals surface area (Å²) in [6.45, 7) is 4.48. The Balaban J connectivity index is 1.73. The van der Waals surface area contributed by atoms with Crippen LogP contribution >= 0.6 is 0 Å². The SMILES string of the molecule is CC(O)CNCCNC1CC1. The minimum Gasteiger partial charge on any atom is -0.392 e. The van der Waals surface area contributed by atoms with Crippen LogP contribution in [0.1, 0.15) is 19.8 Å². The predicted molar refractivity (Wildman–Crippen MR) is 45.6 cm³/mol. The van der Waals surface area contributed by atoms with Crippen LogP contribution in [0.3, 0.4) is 0 Å². The first-order valence-corrected chi connectivity index (χ1v) is 4.41. The second-order valence-electron chi connectivity index (χ2n) is 3.28. The van der Waals surface area contributed by atoms with E-state index < -0.39 is 0 Å². The van der Waals surface area contributed by atoms with Crippen LogP contribution in [0.2, 0.25) is 0 Å². The first-order chi connectivity index (χ1) is 5.29. The normalized spacial score (nSPS) is 20.2. The lowest BCUT2D eigenvalue weighted by Gasteiger charge is -2.06. The molecule has 0 aromatic heterocycles. The molecule has 0 radical (unpaired) electrons. The minimum absolute atomic E-state index is 0.226. The molecule has 3 nitrogen and oxygen atoms in total. The van der Waals surface area contributed by atoms with Crippen molar-refractivity contribution < 1.29 is 5.11 Å². The molecule has 1 atom stereocenters. The van der Waals surface area contributed by atoms with E-state index in [1.54, 1.807) is 6.92 Å². The van der Waals surface area contributed by atoms with Gasteiger partial charge in [-0.15, -0.1) is 0 Å². The number of aliphatic hydroxyl groups excluding tert-OH is 1. The van der Waals surface area contributed by atoms with Gasteiger partial charge in [-0.25, -0.2) is 0 Å². The molecule has 0 spiro atoms. The fourth-order valence-electron chi connectivity index (χ4n) is 0.963. The Kier molecular flexibility index (Phi) is 3.83. The maximum Gasteiger partial charge on any atom is 0.0636 e. The van der Waals surface area contributed by atoms with Gasteiger partial charge in [-0.05, 0) is 19.8 Å². The van der Waals surface area contributed by atoms with E-state index in [4.69, 9.17) is 5.11 Å². The third-order valence-corrected chi connectivity index (χ3v) is 1.75. The molecule has 1 aliphatic rings. The lowest BCUT2D eigenvalue weighted by molar-refractivity contribution is 0.191. The van der Waals surface area contributed by atoms with Gasteiger partial charge in [-0.3, -0.25) is 0 Å². The van der Waals surface area contributed by atoms with Crippen molar-refractivity contribution in [3.63, 3.8) is 0 Å². The third kappa shape index (κ3) is 5.18. The van der Waals surface area contributed by atoms with E-state index >= 15 is 0 Å². The Hall–Kier alpha value is -0.120. The highest BCUT2D eigenvalue weighted by molar-refractivity contribution is 4.80. The molecule has 0 saturated heterocycles. The summed E-state index contributed by atoms with van der Waals surface area (Å²) in [5, 5.41) is 15.4. The minimum atomic E-state index is -0.226. The van der Waals surface area contributed by atoms with Crippen LogP contribution in [-0.2, 0) is 0 Å². The van der Waals surface area contributed by atoms with Gasteiger partial charge in [0.1, 0.15) is 0 Å². The molecule has 0 aromatic rings. The molecule has 3 heteroatoms. The van der Waals surface area contributed by atoms with E-state index in [0.29, 0.717) is 6.54 Å². The average Bonchev–Trinajstić information content (AvgIpc) is 2.70. The van der Waals surface area contributed by atoms with E-state index in [1.165, 1.54) is 12.8 Å². The number of hydrogen-bond donors (Lipinski definition) is 3. The summed E-state index contributed by atoms with van der Waals surface area (Å²) in [5.41, 5.74) is 0. The molecule has 1 rings (SSSR count). The van der Waals surface area contributed by atoms with E-state index in [9.17, 15) is 0 Å². The van der Waals surface area contributed by atoms with E-state index in [0.717, 1.165) is 19.1 Å². The fraction of sp³-hybridized carbons (Fsp3) is 1.00. The molecule has 0 heterocycles. The van der Waals surface area contributed by atoms with Crippen LogP contribution in [0.5, 0.6) is 0 Å². The Bertz CT molecular complexity index is 98.3. The highest BCUT2D eigenvalue weighted by atomic mass is 16.3. The zero-order chi connectivity index (χ0) is 8.10. The van der Waals surface area contributed by atoms with Gasteiger partial charge in [-0.2, -0.15) is 0 Å². The van der Waals surface area contributed by atoms with Gasteiger partial charge >= 0.3 is 0 Å². The highest BCUT2D eigenvalue weighted by Crippen LogP contribution is 2.17. The number of rotatable bonds is 6. The molecular weight excluding hydrogens is 140 g/mol. The maximum absolute atomic E-state index is 8.89. The summed E-state index contributed by atoms with van der Waals surface area (Å²) in [6, 6.07) is 0.795. The maximum atomic E-state index is 8.89. The molecule has 0 aromatic carbocycles. The van der Waals surface area contributed by atoms with E-state index in [1.807, 2.05) is 0 Å². The highest BCUT2D eigenvalue weighted by Gasteiger charge is 2.19. The Morgan fingerprint density at radius 2 is 2.18 bits per heavy atom. The molecule has 1 fully saturated rings. The standard InChI is InChI=1S/C8H18N2O/c1-7(11)6-9-4-5-10-8-2-3-8/h7-11H,2-6H2,1H3. The molecular formula is C8H18N2O. The average molecular weight is 158 g/mol. The van der Waals surface area contributed by atoms with Crippen molar-refractivity contribution in [1.82, 2.24) is 10.6 Å². The van der Waals surface area contributed by atoms with Gasteiger partial charge in [-0.1, -0.05) is 0 Å². The van der Waals surface area contributed by atoms with E-state index in [-0.39, 0.29) is 6.10 Å². The molecule has 0 bridgehead atoms. The van der Waals surface area contributed by atoms with Gasteiger partial charge in [0.15, 0.2) is 0 Å². The van der Waals surface area contributed by atoms with Crippen LogP contribution in [0, 0.1) is 0 Å². The summed E-state index contributed by atoms with van der Waals surface area (Å²) >= 11 is 0. The quantitative estimate of drug-likeness (QED) is 0.465. The second kappa shape index (κ2) is 4.70. The summed E-state index contributed by atoms with van der Waals surface area (Å²) in [5.74, 6) is 0. The van der Waals surface area contributed by atoms with Crippen LogP contribution in [0.25, 0.3) is 0 Å². The number of hydrogen-bond acceptors (Lipinski definition) is 3. The van der Waals surface area contributed by atoms with Gasteiger partial charge in [0.25, 0.3) is 0 Å². The predicted octanol–water partition coefficient (Wildman–Crippen LogP) is -0.291. The van der Waals surface area contributed by atoms with Crippen molar-refractivity contribution in [2.24, 2.45) is 0 Å². The Labute approximate surface area is 68.2 Å². The van der Waals surface area contributed by atoms with Crippen molar-refractivity contribution in [3.8, 4) is 0 Å². The molecule has 11 heavy (non-hydrogen) atoms. The summed E-state index contributed by atoms with van der Waals surface area (Å²) in [7, 11) is 0. The summed E-state index contributed by atoms with van der Waals surface area (Å²) in [4.78, 5) is 0. The van der Waals surface area contributed by atoms with Crippen molar-refractivity contribution >= 4 is 0 Å². The van der Waals surface area contributed by atoms with Crippen LogP contribution in [0.4, 0.5) is 0 Å². The molecule has 1 aliphatic carbocycles. The number of aliphatic hydroxyl groups is 1. The molecule has 66 valence electrons. The second-order valence-corrected chi connectivity index (χ2v) is 3.28.